The molecule has 0 aromatic carbocycles. The molecule has 13 heavy (non-hydrogen) atoms. The Bertz CT molecular complexity index is 478. The van der Waals surface area contributed by atoms with Crippen LogP contribution in [0.2, 0.25) is 5.15 Å². The standard InChI is InChI=1S/C7H5ClN4O/c8-4-2-1-3-5-10-11-7(6(9)13)12(4)5/h1-3H,(H2,9,13). The van der Waals surface area contributed by atoms with E-state index in [0.717, 1.165) is 0 Å². The molecular weight excluding hydrogens is 192 g/mol. The number of fused-ring (bicyclic) bond motifs is 1. The van der Waals surface area contributed by atoms with Crippen LogP contribution < -0.4 is 5.73 Å². The first-order valence-electron chi connectivity index (χ1n) is 3.49. The highest BCUT2D eigenvalue weighted by molar-refractivity contribution is 6.30. The van der Waals surface area contributed by atoms with Crippen molar-refractivity contribution in [3.63, 3.8) is 0 Å². The van der Waals surface area contributed by atoms with E-state index in [9.17, 15) is 4.79 Å². The summed E-state index contributed by atoms with van der Waals surface area (Å²) in [6, 6.07) is 5.03. The average Bonchev–Trinajstić information content (AvgIpc) is 2.49. The van der Waals surface area contributed by atoms with Gasteiger partial charge < -0.3 is 5.73 Å². The van der Waals surface area contributed by atoms with Crippen molar-refractivity contribution in [2.45, 2.75) is 0 Å². The fraction of sp³-hybridized carbons (Fsp3) is 0. The minimum atomic E-state index is -0.652. The van der Waals surface area contributed by atoms with E-state index in [0.29, 0.717) is 10.8 Å². The number of amides is 1. The first-order valence-corrected chi connectivity index (χ1v) is 3.87. The smallest absolute Gasteiger partial charge is 0.287 e. The van der Waals surface area contributed by atoms with Gasteiger partial charge in [-0.05, 0) is 12.1 Å². The highest BCUT2D eigenvalue weighted by Gasteiger charge is 2.11. The normalized spacial score (nSPS) is 10.5. The summed E-state index contributed by atoms with van der Waals surface area (Å²) in [6.07, 6.45) is 0. The Morgan fingerprint density at radius 3 is 2.92 bits per heavy atom. The van der Waals surface area contributed by atoms with Gasteiger partial charge in [0, 0.05) is 0 Å². The summed E-state index contributed by atoms with van der Waals surface area (Å²) in [4.78, 5) is 10.9. The molecule has 0 aliphatic carbocycles. The zero-order chi connectivity index (χ0) is 9.42. The third-order valence-electron chi connectivity index (χ3n) is 1.60. The lowest BCUT2D eigenvalue weighted by molar-refractivity contribution is 0.0989. The van der Waals surface area contributed by atoms with Crippen LogP contribution in [0.1, 0.15) is 10.6 Å². The van der Waals surface area contributed by atoms with Crippen LogP contribution in [0.25, 0.3) is 5.65 Å². The van der Waals surface area contributed by atoms with Crippen LogP contribution >= 0.6 is 11.6 Å². The lowest BCUT2D eigenvalue weighted by Gasteiger charge is -1.97. The highest BCUT2D eigenvalue weighted by atomic mass is 35.5. The summed E-state index contributed by atoms with van der Waals surface area (Å²) in [5, 5.41) is 7.70. The molecule has 2 N–H and O–H groups in total. The van der Waals surface area contributed by atoms with Crippen LogP contribution in [-0.4, -0.2) is 20.5 Å². The third kappa shape index (κ3) is 1.13. The van der Waals surface area contributed by atoms with E-state index >= 15 is 0 Å². The number of hydrogen-bond donors (Lipinski definition) is 1. The molecule has 2 rings (SSSR count). The molecule has 0 radical (unpaired) electrons. The molecule has 0 atom stereocenters. The van der Waals surface area contributed by atoms with Crippen LogP contribution in [0.3, 0.4) is 0 Å². The second-order valence-electron chi connectivity index (χ2n) is 2.43. The molecule has 2 heterocycles. The largest absolute Gasteiger partial charge is 0.363 e. The summed E-state index contributed by atoms with van der Waals surface area (Å²) in [5.74, 6) is -0.610. The molecule has 0 unspecified atom stereocenters. The Kier molecular flexibility index (Phi) is 1.66. The summed E-state index contributed by atoms with van der Waals surface area (Å²) < 4.78 is 1.39. The zero-order valence-corrected chi connectivity index (χ0v) is 7.19. The maximum Gasteiger partial charge on any atom is 0.287 e. The van der Waals surface area contributed by atoms with Gasteiger partial charge in [-0.25, -0.2) is 0 Å². The number of pyridine rings is 1. The lowest BCUT2D eigenvalue weighted by Crippen LogP contribution is -2.15. The predicted molar refractivity (Wildman–Crippen MR) is 46.5 cm³/mol. The molecule has 0 bridgehead atoms. The number of rotatable bonds is 1. The Morgan fingerprint density at radius 1 is 1.46 bits per heavy atom. The lowest BCUT2D eigenvalue weighted by atomic mass is 10.4. The monoisotopic (exact) mass is 196 g/mol. The minimum Gasteiger partial charge on any atom is -0.363 e. The number of primary amides is 1. The molecule has 0 fully saturated rings. The van der Waals surface area contributed by atoms with Gasteiger partial charge in [0.1, 0.15) is 5.15 Å². The van der Waals surface area contributed by atoms with Gasteiger partial charge in [0.25, 0.3) is 5.91 Å². The average molecular weight is 197 g/mol. The number of aromatic nitrogens is 3. The van der Waals surface area contributed by atoms with Crippen LogP contribution in [0.5, 0.6) is 0 Å². The van der Waals surface area contributed by atoms with E-state index in [1.54, 1.807) is 18.2 Å². The van der Waals surface area contributed by atoms with Crippen LogP contribution in [0.4, 0.5) is 0 Å². The Labute approximate surface area is 78.1 Å². The second kappa shape index (κ2) is 2.70. The van der Waals surface area contributed by atoms with Gasteiger partial charge in [-0.1, -0.05) is 17.7 Å². The topological polar surface area (TPSA) is 73.3 Å². The fourth-order valence-corrected chi connectivity index (χ4v) is 1.30. The Morgan fingerprint density at radius 2 is 2.23 bits per heavy atom. The van der Waals surface area contributed by atoms with Crippen molar-refractivity contribution in [2.75, 3.05) is 0 Å². The van der Waals surface area contributed by atoms with E-state index in [4.69, 9.17) is 17.3 Å². The van der Waals surface area contributed by atoms with Crippen molar-refractivity contribution >= 4 is 23.2 Å². The van der Waals surface area contributed by atoms with Crippen LogP contribution in [0.15, 0.2) is 18.2 Å². The number of nitrogens with two attached hydrogens (primary N) is 1. The summed E-state index contributed by atoms with van der Waals surface area (Å²) in [6.45, 7) is 0. The molecular formula is C7H5ClN4O. The minimum absolute atomic E-state index is 0.0422. The highest BCUT2D eigenvalue weighted by Crippen LogP contribution is 2.12. The molecule has 0 spiro atoms. The molecule has 0 aliphatic heterocycles. The maximum absolute atomic E-state index is 10.9. The fourth-order valence-electron chi connectivity index (χ4n) is 1.06. The van der Waals surface area contributed by atoms with Crippen molar-refractivity contribution in [3.8, 4) is 0 Å². The molecule has 66 valence electrons. The number of halogens is 1. The Balaban J connectivity index is 2.86. The van der Waals surface area contributed by atoms with E-state index in [2.05, 4.69) is 10.2 Å². The third-order valence-corrected chi connectivity index (χ3v) is 1.90. The van der Waals surface area contributed by atoms with Crippen molar-refractivity contribution in [2.24, 2.45) is 5.73 Å². The molecule has 1 amide bonds. The second-order valence-corrected chi connectivity index (χ2v) is 2.82. The van der Waals surface area contributed by atoms with Crippen LogP contribution in [-0.2, 0) is 0 Å². The molecule has 5 nitrogen and oxygen atoms in total. The van der Waals surface area contributed by atoms with Gasteiger partial charge in [-0.2, -0.15) is 0 Å². The first kappa shape index (κ1) is 8.00. The molecule has 2 aromatic rings. The van der Waals surface area contributed by atoms with Gasteiger partial charge in [0.2, 0.25) is 5.82 Å². The van der Waals surface area contributed by atoms with E-state index in [-0.39, 0.29) is 5.82 Å². The maximum atomic E-state index is 10.9. The first-order chi connectivity index (χ1) is 6.20. The van der Waals surface area contributed by atoms with E-state index in [1.165, 1.54) is 4.40 Å². The van der Waals surface area contributed by atoms with Crippen molar-refractivity contribution in [3.05, 3.63) is 29.2 Å². The van der Waals surface area contributed by atoms with Gasteiger partial charge in [-0.15, -0.1) is 10.2 Å². The zero-order valence-electron chi connectivity index (χ0n) is 6.44. The predicted octanol–water partition coefficient (Wildman–Crippen LogP) is 0.482. The number of carbonyl (C=O) groups is 1. The van der Waals surface area contributed by atoms with Gasteiger partial charge in [0.15, 0.2) is 5.65 Å². The van der Waals surface area contributed by atoms with Gasteiger partial charge >= 0.3 is 0 Å². The number of hydrogen-bond acceptors (Lipinski definition) is 3. The van der Waals surface area contributed by atoms with Gasteiger partial charge in [0.05, 0.1) is 0 Å². The van der Waals surface area contributed by atoms with Crippen LogP contribution in [0, 0.1) is 0 Å². The molecule has 0 aliphatic rings. The summed E-state index contributed by atoms with van der Waals surface area (Å²) >= 11 is 5.82. The van der Waals surface area contributed by atoms with E-state index < -0.39 is 5.91 Å². The summed E-state index contributed by atoms with van der Waals surface area (Å²) in [7, 11) is 0. The van der Waals surface area contributed by atoms with Crippen molar-refractivity contribution in [1.29, 1.82) is 0 Å². The molecule has 0 saturated carbocycles. The SMILES string of the molecule is NC(=O)c1nnc2cccc(Cl)n12. The number of nitrogens with zero attached hydrogens (tertiary/aromatic N) is 3. The molecule has 2 aromatic heterocycles. The quantitative estimate of drug-likeness (QED) is 0.675. The Hall–Kier alpha value is -1.62. The van der Waals surface area contributed by atoms with E-state index in [1.807, 2.05) is 0 Å². The molecule has 6 heteroatoms. The molecule has 0 saturated heterocycles. The van der Waals surface area contributed by atoms with Crippen molar-refractivity contribution < 1.29 is 4.79 Å². The summed E-state index contributed by atoms with van der Waals surface area (Å²) in [5.41, 5.74) is 5.57. The van der Waals surface area contributed by atoms with Gasteiger partial charge in [-0.3, -0.25) is 9.20 Å². The number of carbonyl (C=O) groups excluding carboxylic acids is 1. The van der Waals surface area contributed by atoms with Crippen molar-refractivity contribution in [1.82, 2.24) is 14.6 Å².